The molecule has 0 spiro atoms. The summed E-state index contributed by atoms with van der Waals surface area (Å²) in [5.41, 5.74) is 5.12. The Hall–Kier alpha value is -1.12. The van der Waals surface area contributed by atoms with Crippen LogP contribution in [0.15, 0.2) is 29.2 Å². The van der Waals surface area contributed by atoms with E-state index in [1.807, 2.05) is 0 Å². The molecular weight excluding hydrogens is 317 g/mol. The van der Waals surface area contributed by atoms with E-state index >= 15 is 0 Å². The number of halogens is 3. The van der Waals surface area contributed by atoms with Crippen molar-refractivity contribution in [1.29, 1.82) is 0 Å². The van der Waals surface area contributed by atoms with Gasteiger partial charge in [0, 0.05) is 12.6 Å². The van der Waals surface area contributed by atoms with Crippen molar-refractivity contribution < 1.29 is 21.6 Å². The number of benzene rings is 1. The van der Waals surface area contributed by atoms with Crippen molar-refractivity contribution in [1.82, 2.24) is 5.32 Å². The molecule has 122 valence electrons. The first-order valence-electron chi connectivity index (χ1n) is 7.11. The van der Waals surface area contributed by atoms with Crippen molar-refractivity contribution >= 4 is 9.84 Å². The Bertz CT molecular complexity index is 658. The lowest BCUT2D eigenvalue weighted by atomic mass is 9.98. The number of alkyl halides is 3. The fraction of sp³-hybridized carbons (Fsp3) is 0.571. The van der Waals surface area contributed by atoms with E-state index in [-0.39, 0.29) is 22.8 Å². The minimum absolute atomic E-state index is 0.00898. The second-order valence-electron chi connectivity index (χ2n) is 5.96. The predicted molar refractivity (Wildman–Crippen MR) is 74.6 cm³/mol. The van der Waals surface area contributed by atoms with Gasteiger partial charge in [-0.3, -0.25) is 0 Å². The Kier molecular flexibility index (Phi) is 3.73. The Morgan fingerprint density at radius 3 is 2.32 bits per heavy atom. The fourth-order valence-corrected chi connectivity index (χ4v) is 5.46. The lowest BCUT2D eigenvalue weighted by Crippen LogP contribution is -2.35. The van der Waals surface area contributed by atoms with Crippen LogP contribution in [0.5, 0.6) is 0 Å². The smallest absolute Gasteiger partial charge is 0.327 e. The first kappa shape index (κ1) is 15.8. The third-order valence-corrected chi connectivity index (χ3v) is 6.84. The molecule has 0 radical (unpaired) electrons. The van der Waals surface area contributed by atoms with Crippen LogP contribution in [0.2, 0.25) is 0 Å². The van der Waals surface area contributed by atoms with E-state index in [2.05, 4.69) is 5.32 Å². The lowest BCUT2D eigenvalue weighted by molar-refractivity contribution is -0.137. The third-order valence-electron chi connectivity index (χ3n) is 4.72. The number of nitrogens with two attached hydrogens (primary N) is 1. The van der Waals surface area contributed by atoms with Gasteiger partial charge in [0.2, 0.25) is 0 Å². The number of fused-ring (bicyclic) bond motifs is 1. The average molecular weight is 334 g/mol. The zero-order valence-electron chi connectivity index (χ0n) is 11.7. The van der Waals surface area contributed by atoms with Crippen LogP contribution in [0, 0.1) is 11.8 Å². The highest BCUT2D eigenvalue weighted by Gasteiger charge is 2.49. The summed E-state index contributed by atoms with van der Waals surface area (Å²) < 4.78 is 63.0. The van der Waals surface area contributed by atoms with Gasteiger partial charge in [-0.25, -0.2) is 8.42 Å². The van der Waals surface area contributed by atoms with E-state index in [4.69, 9.17) is 5.73 Å². The van der Waals surface area contributed by atoms with Crippen molar-refractivity contribution in [3.63, 3.8) is 0 Å². The Morgan fingerprint density at radius 2 is 1.73 bits per heavy atom. The second-order valence-corrected chi connectivity index (χ2v) is 8.03. The number of sulfone groups is 1. The molecule has 1 heterocycles. The van der Waals surface area contributed by atoms with Gasteiger partial charge in [-0.05, 0) is 48.9 Å². The maximum Gasteiger partial charge on any atom is 0.416 e. The Labute approximate surface area is 126 Å². The molecule has 1 saturated heterocycles. The topological polar surface area (TPSA) is 72.2 Å². The molecule has 0 aromatic heterocycles. The van der Waals surface area contributed by atoms with E-state index in [1.54, 1.807) is 0 Å². The zero-order valence-corrected chi connectivity index (χ0v) is 12.5. The van der Waals surface area contributed by atoms with Gasteiger partial charge in [-0.1, -0.05) is 0 Å². The van der Waals surface area contributed by atoms with Crippen molar-refractivity contribution in [2.24, 2.45) is 17.6 Å². The highest BCUT2D eigenvalue weighted by molar-refractivity contribution is 7.92. The van der Waals surface area contributed by atoms with Crippen LogP contribution in [0.4, 0.5) is 13.2 Å². The van der Waals surface area contributed by atoms with Gasteiger partial charge >= 0.3 is 6.18 Å². The summed E-state index contributed by atoms with van der Waals surface area (Å²) >= 11 is 0. The van der Waals surface area contributed by atoms with Gasteiger partial charge in [-0.15, -0.1) is 0 Å². The van der Waals surface area contributed by atoms with Crippen LogP contribution in [0.25, 0.3) is 0 Å². The van der Waals surface area contributed by atoms with Crippen LogP contribution in [0.1, 0.15) is 18.4 Å². The highest BCUT2D eigenvalue weighted by atomic mass is 32.2. The average Bonchev–Trinajstić information content (AvgIpc) is 3.02. The summed E-state index contributed by atoms with van der Waals surface area (Å²) in [6.45, 7) is 0.538. The molecule has 2 aliphatic rings. The lowest BCUT2D eigenvalue weighted by Gasteiger charge is -2.19. The van der Waals surface area contributed by atoms with Crippen LogP contribution >= 0.6 is 0 Å². The first-order valence-corrected chi connectivity index (χ1v) is 8.66. The van der Waals surface area contributed by atoms with Gasteiger partial charge in [0.15, 0.2) is 9.84 Å². The molecule has 1 aliphatic carbocycles. The molecule has 1 saturated carbocycles. The summed E-state index contributed by atoms with van der Waals surface area (Å²) in [4.78, 5) is -0.0841. The predicted octanol–water partition coefficient (Wildman–Crippen LogP) is 1.76. The Morgan fingerprint density at radius 1 is 1.09 bits per heavy atom. The van der Waals surface area contributed by atoms with Gasteiger partial charge in [0.1, 0.15) is 5.37 Å². The number of hydrogen-bond donors (Lipinski definition) is 2. The van der Waals surface area contributed by atoms with Crippen molar-refractivity contribution in [2.75, 3.05) is 6.54 Å². The second kappa shape index (κ2) is 5.21. The van der Waals surface area contributed by atoms with E-state index in [0.29, 0.717) is 6.54 Å². The third kappa shape index (κ3) is 2.53. The van der Waals surface area contributed by atoms with E-state index in [0.717, 1.165) is 37.1 Å². The maximum absolute atomic E-state index is 12.7. The largest absolute Gasteiger partial charge is 0.416 e. The van der Waals surface area contributed by atoms with E-state index < -0.39 is 27.0 Å². The van der Waals surface area contributed by atoms with E-state index in [9.17, 15) is 21.6 Å². The maximum atomic E-state index is 12.7. The van der Waals surface area contributed by atoms with E-state index in [1.165, 1.54) is 0 Å². The molecule has 2 fully saturated rings. The fourth-order valence-electron chi connectivity index (χ4n) is 3.53. The molecule has 8 heteroatoms. The van der Waals surface area contributed by atoms with Gasteiger partial charge in [-0.2, -0.15) is 13.2 Å². The minimum atomic E-state index is -4.47. The first-order chi connectivity index (χ1) is 10.2. The van der Waals surface area contributed by atoms with Gasteiger partial charge in [0.05, 0.1) is 10.5 Å². The summed E-state index contributed by atoms with van der Waals surface area (Å²) in [5, 5.41) is 2.22. The molecule has 4 nitrogen and oxygen atoms in total. The normalized spacial score (nSPS) is 32.2. The quantitative estimate of drug-likeness (QED) is 0.864. The molecule has 1 aromatic carbocycles. The SMILES string of the molecule is NC1CCC2C1CNC2S(=O)(=O)c1ccc(C(F)(F)F)cc1. The van der Waals surface area contributed by atoms with Crippen molar-refractivity contribution in [3.8, 4) is 0 Å². The molecular formula is C14H17F3N2O2S. The van der Waals surface area contributed by atoms with Crippen LogP contribution in [-0.2, 0) is 16.0 Å². The molecule has 4 unspecified atom stereocenters. The van der Waals surface area contributed by atoms with Gasteiger partial charge in [0.25, 0.3) is 0 Å². The molecule has 3 rings (SSSR count). The van der Waals surface area contributed by atoms with Crippen LogP contribution in [0.3, 0.4) is 0 Å². The van der Waals surface area contributed by atoms with Crippen LogP contribution < -0.4 is 11.1 Å². The summed E-state index contributed by atoms with van der Waals surface area (Å²) in [5.74, 6) is 0.0523. The molecule has 0 bridgehead atoms. The van der Waals surface area contributed by atoms with Crippen molar-refractivity contribution in [3.05, 3.63) is 29.8 Å². The Balaban J connectivity index is 1.88. The number of rotatable bonds is 2. The highest BCUT2D eigenvalue weighted by Crippen LogP contribution is 2.40. The molecule has 3 N–H and O–H groups in total. The summed E-state index contributed by atoms with van der Waals surface area (Å²) in [6.07, 6.45) is -2.96. The zero-order chi connectivity index (χ0) is 16.1. The standard InChI is InChI=1S/C14H17F3N2O2S/c15-14(16,17)8-1-3-9(4-2-8)22(20,21)13-10-5-6-12(18)11(10)7-19-13/h1-4,10-13,19H,5-7,18H2. The molecule has 1 aromatic rings. The monoisotopic (exact) mass is 334 g/mol. The number of hydrogen-bond acceptors (Lipinski definition) is 4. The van der Waals surface area contributed by atoms with Gasteiger partial charge < -0.3 is 11.1 Å². The van der Waals surface area contributed by atoms with Crippen molar-refractivity contribution in [2.45, 2.75) is 35.3 Å². The molecule has 22 heavy (non-hydrogen) atoms. The summed E-state index contributed by atoms with van der Waals surface area (Å²) in [7, 11) is -3.71. The molecule has 1 aliphatic heterocycles. The molecule has 0 amide bonds. The minimum Gasteiger partial charge on any atom is -0.327 e. The number of nitrogens with one attached hydrogen (secondary N) is 1. The summed E-state index contributed by atoms with van der Waals surface area (Å²) in [6, 6.07) is 3.66. The molecule has 4 atom stereocenters. The van der Waals surface area contributed by atoms with Crippen LogP contribution in [-0.4, -0.2) is 26.4 Å².